The molecule has 4 aromatic carbocycles. The Hall–Kier alpha value is -3.41. The van der Waals surface area contributed by atoms with Crippen LogP contribution < -0.4 is 5.32 Å². The Kier molecular flexibility index (Phi) is 8.94. The van der Waals surface area contributed by atoms with E-state index in [1.54, 1.807) is 12.1 Å². The maximum atomic E-state index is 13.6. The average molecular weight is 605 g/mol. The van der Waals surface area contributed by atoms with Crippen molar-refractivity contribution in [1.29, 1.82) is 0 Å². The Labute approximate surface area is 243 Å². The van der Waals surface area contributed by atoms with Crippen LogP contribution >= 0.6 is 27.5 Å². The van der Waals surface area contributed by atoms with E-state index >= 15 is 0 Å². The number of esters is 1. The summed E-state index contributed by atoms with van der Waals surface area (Å²) in [6, 6.07) is 28.7. The van der Waals surface area contributed by atoms with Crippen molar-refractivity contribution in [3.63, 3.8) is 0 Å². The van der Waals surface area contributed by atoms with Crippen molar-refractivity contribution < 1.29 is 14.3 Å². The van der Waals surface area contributed by atoms with Gasteiger partial charge in [0.2, 0.25) is 5.91 Å². The fourth-order valence-electron chi connectivity index (χ4n) is 4.35. The molecule has 0 bridgehead atoms. The molecule has 0 fully saturated rings. The minimum absolute atomic E-state index is 0.111. The number of hydrogen-bond acceptors (Lipinski definition) is 3. The van der Waals surface area contributed by atoms with Crippen molar-refractivity contribution in [2.24, 2.45) is 0 Å². The number of rotatable bonds is 7. The van der Waals surface area contributed by atoms with Crippen LogP contribution in [0.3, 0.4) is 0 Å². The molecule has 0 radical (unpaired) electrons. The SMILES string of the molecule is Cc1cc(Cl)ccc1-c1ccc(NC(=O)C(Cc2ccc(C(=O)OC(C)(C)C)cc2)c2cccc(Br)c2)cc1. The van der Waals surface area contributed by atoms with Crippen LogP contribution in [0.4, 0.5) is 5.69 Å². The molecule has 1 unspecified atom stereocenters. The van der Waals surface area contributed by atoms with E-state index in [-0.39, 0.29) is 11.9 Å². The summed E-state index contributed by atoms with van der Waals surface area (Å²) in [7, 11) is 0. The number of amides is 1. The molecule has 4 aromatic rings. The lowest BCUT2D eigenvalue weighted by Gasteiger charge is -2.20. The van der Waals surface area contributed by atoms with Crippen molar-refractivity contribution in [3.8, 4) is 11.1 Å². The van der Waals surface area contributed by atoms with Gasteiger partial charge in [-0.1, -0.05) is 70.0 Å². The van der Waals surface area contributed by atoms with Gasteiger partial charge in [-0.15, -0.1) is 0 Å². The van der Waals surface area contributed by atoms with Crippen molar-refractivity contribution in [2.45, 2.75) is 45.6 Å². The molecule has 4 nitrogen and oxygen atoms in total. The predicted octanol–water partition coefficient (Wildman–Crippen LogP) is 9.00. The Morgan fingerprint density at radius 1 is 0.923 bits per heavy atom. The number of nitrogens with one attached hydrogen (secondary N) is 1. The predicted molar refractivity (Wildman–Crippen MR) is 162 cm³/mol. The third-order valence-corrected chi connectivity index (χ3v) is 6.98. The van der Waals surface area contributed by atoms with Crippen molar-refractivity contribution >= 4 is 45.1 Å². The fourth-order valence-corrected chi connectivity index (χ4v) is 4.99. The van der Waals surface area contributed by atoms with Gasteiger partial charge in [0.25, 0.3) is 0 Å². The molecule has 0 aliphatic rings. The van der Waals surface area contributed by atoms with Gasteiger partial charge in [0.05, 0.1) is 11.5 Å². The highest BCUT2D eigenvalue weighted by molar-refractivity contribution is 9.10. The lowest BCUT2D eigenvalue weighted by molar-refractivity contribution is -0.117. The minimum Gasteiger partial charge on any atom is -0.456 e. The molecule has 4 rings (SSSR count). The molecule has 0 aliphatic carbocycles. The number of halogens is 2. The number of hydrogen-bond donors (Lipinski definition) is 1. The smallest absolute Gasteiger partial charge is 0.338 e. The summed E-state index contributed by atoms with van der Waals surface area (Å²) in [4.78, 5) is 26.0. The van der Waals surface area contributed by atoms with E-state index in [4.69, 9.17) is 16.3 Å². The van der Waals surface area contributed by atoms with Crippen LogP contribution in [-0.4, -0.2) is 17.5 Å². The lowest BCUT2D eigenvalue weighted by Crippen LogP contribution is -2.24. The van der Waals surface area contributed by atoms with Gasteiger partial charge in [-0.3, -0.25) is 4.79 Å². The molecule has 1 atom stereocenters. The lowest BCUT2D eigenvalue weighted by atomic mass is 9.90. The monoisotopic (exact) mass is 603 g/mol. The van der Waals surface area contributed by atoms with Crippen LogP contribution in [0.2, 0.25) is 5.02 Å². The Morgan fingerprint density at radius 3 is 2.23 bits per heavy atom. The number of aryl methyl sites for hydroxylation is 1. The average Bonchev–Trinajstić information content (AvgIpc) is 2.87. The van der Waals surface area contributed by atoms with E-state index in [1.165, 1.54) is 0 Å². The Morgan fingerprint density at radius 2 is 1.62 bits per heavy atom. The summed E-state index contributed by atoms with van der Waals surface area (Å²) in [6.07, 6.45) is 0.471. The third-order valence-electron chi connectivity index (χ3n) is 6.25. The molecule has 200 valence electrons. The molecule has 1 N–H and O–H groups in total. The molecule has 1 amide bonds. The van der Waals surface area contributed by atoms with E-state index in [2.05, 4.69) is 21.2 Å². The maximum absolute atomic E-state index is 13.6. The van der Waals surface area contributed by atoms with Gasteiger partial charge >= 0.3 is 5.97 Å². The summed E-state index contributed by atoms with van der Waals surface area (Å²) in [5, 5.41) is 3.80. The molecule has 0 saturated carbocycles. The van der Waals surface area contributed by atoms with Crippen LogP contribution in [-0.2, 0) is 16.0 Å². The highest BCUT2D eigenvalue weighted by Crippen LogP contribution is 2.29. The highest BCUT2D eigenvalue weighted by Gasteiger charge is 2.23. The molecular weight excluding hydrogens is 574 g/mol. The highest BCUT2D eigenvalue weighted by atomic mass is 79.9. The van der Waals surface area contributed by atoms with Gasteiger partial charge in [0, 0.05) is 15.2 Å². The quantitative estimate of drug-likeness (QED) is 0.214. The number of carbonyl (C=O) groups is 2. The fraction of sp³-hybridized carbons (Fsp3) is 0.212. The zero-order chi connectivity index (χ0) is 28.2. The number of benzene rings is 4. The largest absolute Gasteiger partial charge is 0.456 e. The van der Waals surface area contributed by atoms with E-state index in [0.29, 0.717) is 17.0 Å². The van der Waals surface area contributed by atoms with Crippen LogP contribution in [0.5, 0.6) is 0 Å². The molecule has 39 heavy (non-hydrogen) atoms. The van der Waals surface area contributed by atoms with Crippen LogP contribution in [0, 0.1) is 6.92 Å². The van der Waals surface area contributed by atoms with Crippen LogP contribution in [0.25, 0.3) is 11.1 Å². The van der Waals surface area contributed by atoms with E-state index in [1.807, 2.05) is 107 Å². The van der Waals surface area contributed by atoms with E-state index < -0.39 is 11.5 Å². The van der Waals surface area contributed by atoms with Crippen molar-refractivity contribution in [1.82, 2.24) is 0 Å². The first kappa shape index (κ1) is 28.6. The Balaban J connectivity index is 1.53. The topological polar surface area (TPSA) is 55.4 Å². The summed E-state index contributed by atoms with van der Waals surface area (Å²) >= 11 is 9.64. The molecule has 0 heterocycles. The van der Waals surface area contributed by atoms with Gasteiger partial charge in [-0.05, 0) is 110 Å². The normalized spacial score (nSPS) is 12.1. The summed E-state index contributed by atoms with van der Waals surface area (Å²) in [5.74, 6) is -0.916. The second-order valence-corrected chi connectivity index (χ2v) is 11.9. The summed E-state index contributed by atoms with van der Waals surface area (Å²) in [5.41, 5.74) is 5.71. The van der Waals surface area contributed by atoms with Gasteiger partial charge in [0.15, 0.2) is 0 Å². The van der Waals surface area contributed by atoms with E-state index in [0.717, 1.165) is 38.0 Å². The second-order valence-electron chi connectivity index (χ2n) is 10.5. The second kappa shape index (κ2) is 12.2. The summed E-state index contributed by atoms with van der Waals surface area (Å²) in [6.45, 7) is 7.55. The van der Waals surface area contributed by atoms with Crippen molar-refractivity contribution in [3.05, 3.63) is 123 Å². The maximum Gasteiger partial charge on any atom is 0.338 e. The molecule has 0 aliphatic heterocycles. The number of ether oxygens (including phenoxy) is 1. The first-order valence-corrected chi connectivity index (χ1v) is 13.9. The Bertz CT molecular complexity index is 1470. The molecule has 0 saturated heterocycles. The third kappa shape index (κ3) is 7.81. The van der Waals surface area contributed by atoms with Gasteiger partial charge in [0.1, 0.15) is 5.60 Å². The minimum atomic E-state index is -0.564. The molecule has 0 aromatic heterocycles. The first-order chi connectivity index (χ1) is 18.5. The number of carbonyl (C=O) groups excluding carboxylic acids is 2. The number of anilines is 1. The summed E-state index contributed by atoms with van der Waals surface area (Å²) < 4.78 is 6.37. The molecule has 0 spiro atoms. The zero-order valence-electron chi connectivity index (χ0n) is 22.4. The van der Waals surface area contributed by atoms with Crippen LogP contribution in [0.15, 0.2) is 95.5 Å². The first-order valence-electron chi connectivity index (χ1n) is 12.7. The molecule has 6 heteroatoms. The van der Waals surface area contributed by atoms with Crippen molar-refractivity contribution in [2.75, 3.05) is 5.32 Å². The van der Waals surface area contributed by atoms with E-state index in [9.17, 15) is 9.59 Å². The van der Waals surface area contributed by atoms with Crippen LogP contribution in [0.1, 0.15) is 53.7 Å². The van der Waals surface area contributed by atoms with Gasteiger partial charge in [-0.25, -0.2) is 4.79 Å². The molecular formula is C33H31BrClNO3. The zero-order valence-corrected chi connectivity index (χ0v) is 24.8. The van der Waals surface area contributed by atoms with Gasteiger partial charge in [-0.2, -0.15) is 0 Å². The standard InChI is InChI=1S/C33H31BrClNO3/c1-21-18-27(35)14-17-29(21)23-12-15-28(16-13-23)36-31(37)30(25-6-5-7-26(34)20-25)19-22-8-10-24(11-9-22)32(38)39-33(2,3)4/h5-18,20,30H,19H2,1-4H3,(H,36,37). The van der Waals surface area contributed by atoms with Gasteiger partial charge < -0.3 is 10.1 Å².